The van der Waals surface area contributed by atoms with Crippen molar-refractivity contribution in [3.05, 3.63) is 0 Å². The first kappa shape index (κ1) is 13.0. The summed E-state index contributed by atoms with van der Waals surface area (Å²) in [6.45, 7) is 4.56. The molecular formula is C12H18N2O4. The fourth-order valence-electron chi connectivity index (χ4n) is 2.73. The van der Waals surface area contributed by atoms with Gasteiger partial charge < -0.3 is 5.11 Å². The van der Waals surface area contributed by atoms with Crippen molar-refractivity contribution in [2.75, 3.05) is 13.1 Å². The second kappa shape index (κ2) is 4.68. The number of likely N-dealkylation sites (tertiary alicyclic amines) is 2. The van der Waals surface area contributed by atoms with E-state index < -0.39 is 17.9 Å². The second-order valence-electron chi connectivity index (χ2n) is 5.23. The lowest BCUT2D eigenvalue weighted by atomic mass is 10.1. The summed E-state index contributed by atoms with van der Waals surface area (Å²) in [5.41, 5.74) is 0. The molecular weight excluding hydrogens is 236 g/mol. The second-order valence-corrected chi connectivity index (χ2v) is 5.23. The number of nitrogens with zero attached hydrogens (tertiary/aromatic N) is 2. The highest BCUT2D eigenvalue weighted by atomic mass is 16.4. The van der Waals surface area contributed by atoms with Crippen molar-refractivity contribution >= 4 is 17.8 Å². The highest BCUT2D eigenvalue weighted by Gasteiger charge is 2.45. The lowest BCUT2D eigenvalue weighted by Gasteiger charge is -2.23. The number of carboxylic acids is 1. The van der Waals surface area contributed by atoms with Crippen LogP contribution in [0, 0.1) is 5.92 Å². The summed E-state index contributed by atoms with van der Waals surface area (Å²) in [4.78, 5) is 37.9. The first-order chi connectivity index (χ1) is 8.41. The van der Waals surface area contributed by atoms with E-state index >= 15 is 0 Å². The van der Waals surface area contributed by atoms with Crippen LogP contribution >= 0.6 is 0 Å². The molecule has 0 aromatic rings. The fourth-order valence-corrected chi connectivity index (χ4v) is 2.73. The van der Waals surface area contributed by atoms with Crippen molar-refractivity contribution in [1.82, 2.24) is 9.80 Å². The summed E-state index contributed by atoms with van der Waals surface area (Å²) in [6.07, 6.45) is 0.734. The number of imide groups is 1. The van der Waals surface area contributed by atoms with E-state index in [1.807, 2.05) is 18.7 Å². The molecule has 6 nitrogen and oxygen atoms in total. The van der Waals surface area contributed by atoms with E-state index in [0.29, 0.717) is 19.5 Å². The normalized spacial score (nSPS) is 29.6. The number of aliphatic carboxylic acids is 1. The highest BCUT2D eigenvalue weighted by Crippen LogP contribution is 2.26. The molecule has 2 heterocycles. The van der Waals surface area contributed by atoms with Gasteiger partial charge in [-0.25, -0.2) is 0 Å². The van der Waals surface area contributed by atoms with Crippen molar-refractivity contribution in [3.63, 3.8) is 0 Å². The molecule has 2 amide bonds. The van der Waals surface area contributed by atoms with Crippen LogP contribution in [0.2, 0.25) is 0 Å². The third kappa shape index (κ3) is 2.12. The van der Waals surface area contributed by atoms with E-state index in [4.69, 9.17) is 5.11 Å². The summed E-state index contributed by atoms with van der Waals surface area (Å²) < 4.78 is 0. The molecule has 0 aromatic carbocycles. The zero-order valence-corrected chi connectivity index (χ0v) is 10.6. The number of rotatable bonds is 3. The molecule has 0 radical (unpaired) electrons. The van der Waals surface area contributed by atoms with Crippen molar-refractivity contribution in [2.45, 2.75) is 38.8 Å². The van der Waals surface area contributed by atoms with Gasteiger partial charge in [0.25, 0.3) is 0 Å². The molecule has 2 atom stereocenters. The molecule has 18 heavy (non-hydrogen) atoms. The molecule has 0 aromatic heterocycles. The predicted octanol–water partition coefficient (Wildman–Crippen LogP) is -0.0712. The molecule has 2 aliphatic heterocycles. The van der Waals surface area contributed by atoms with Crippen LogP contribution in [0.4, 0.5) is 0 Å². The Balaban J connectivity index is 2.06. The molecule has 2 unspecified atom stereocenters. The molecule has 0 saturated carbocycles. The van der Waals surface area contributed by atoms with E-state index in [1.54, 1.807) is 0 Å². The first-order valence-corrected chi connectivity index (χ1v) is 6.24. The Morgan fingerprint density at radius 3 is 2.50 bits per heavy atom. The summed E-state index contributed by atoms with van der Waals surface area (Å²) in [7, 11) is 0. The molecule has 2 rings (SSSR count). The number of hydrogen-bond acceptors (Lipinski definition) is 4. The number of hydrogen-bond donors (Lipinski definition) is 1. The Kier molecular flexibility index (Phi) is 3.38. The lowest BCUT2D eigenvalue weighted by molar-refractivity contribution is -0.143. The third-order valence-electron chi connectivity index (χ3n) is 3.69. The molecule has 6 heteroatoms. The standard InChI is InChI=1S/C12H18N2O4/c1-7(2)14-10(15)5-9(11(14)16)13-4-3-8(6-13)12(17)18/h7-9H,3-6H2,1-2H3,(H,17,18). The van der Waals surface area contributed by atoms with Crippen molar-refractivity contribution in [2.24, 2.45) is 5.92 Å². The molecule has 2 aliphatic rings. The minimum Gasteiger partial charge on any atom is -0.481 e. The monoisotopic (exact) mass is 254 g/mol. The van der Waals surface area contributed by atoms with Gasteiger partial charge in [-0.3, -0.25) is 24.2 Å². The largest absolute Gasteiger partial charge is 0.481 e. The van der Waals surface area contributed by atoms with Gasteiger partial charge in [-0.05, 0) is 26.8 Å². The van der Waals surface area contributed by atoms with Gasteiger partial charge in [-0.2, -0.15) is 0 Å². The SMILES string of the molecule is CC(C)N1C(=O)CC(N2CCC(C(=O)O)C2)C1=O. The molecule has 2 saturated heterocycles. The fraction of sp³-hybridized carbons (Fsp3) is 0.750. The molecule has 1 N–H and O–H groups in total. The van der Waals surface area contributed by atoms with Crippen molar-refractivity contribution in [3.8, 4) is 0 Å². The summed E-state index contributed by atoms with van der Waals surface area (Å²) in [5.74, 6) is -1.57. The lowest BCUT2D eigenvalue weighted by Crippen LogP contribution is -2.43. The van der Waals surface area contributed by atoms with Gasteiger partial charge in [-0.15, -0.1) is 0 Å². The maximum absolute atomic E-state index is 12.1. The van der Waals surface area contributed by atoms with Gasteiger partial charge in [-0.1, -0.05) is 0 Å². The van der Waals surface area contributed by atoms with Gasteiger partial charge >= 0.3 is 5.97 Å². The zero-order chi connectivity index (χ0) is 13.4. The number of carbonyl (C=O) groups is 3. The van der Waals surface area contributed by atoms with E-state index in [-0.39, 0.29) is 24.3 Å². The highest BCUT2D eigenvalue weighted by molar-refractivity contribution is 6.05. The van der Waals surface area contributed by atoms with Gasteiger partial charge in [0.2, 0.25) is 11.8 Å². The van der Waals surface area contributed by atoms with Crippen molar-refractivity contribution < 1.29 is 19.5 Å². The Bertz CT molecular complexity index is 394. The Hall–Kier alpha value is -1.43. The van der Waals surface area contributed by atoms with Crippen LogP contribution in [0.25, 0.3) is 0 Å². The Morgan fingerprint density at radius 2 is 2.06 bits per heavy atom. The number of carbonyl (C=O) groups excluding carboxylic acids is 2. The minimum absolute atomic E-state index is 0.132. The predicted molar refractivity (Wildman–Crippen MR) is 62.7 cm³/mol. The summed E-state index contributed by atoms with van der Waals surface area (Å²) in [6, 6.07) is -0.586. The van der Waals surface area contributed by atoms with Crippen LogP contribution in [0.5, 0.6) is 0 Å². The molecule has 2 fully saturated rings. The molecule has 0 spiro atoms. The van der Waals surface area contributed by atoms with E-state index in [1.165, 1.54) is 4.90 Å². The molecule has 0 bridgehead atoms. The van der Waals surface area contributed by atoms with E-state index in [0.717, 1.165) is 0 Å². The number of amides is 2. The molecule has 100 valence electrons. The van der Waals surface area contributed by atoms with Crippen LogP contribution in [-0.2, 0) is 14.4 Å². The van der Waals surface area contributed by atoms with E-state index in [2.05, 4.69) is 0 Å². The smallest absolute Gasteiger partial charge is 0.307 e. The Morgan fingerprint density at radius 1 is 1.39 bits per heavy atom. The maximum atomic E-state index is 12.1. The average Bonchev–Trinajstić information content (AvgIpc) is 2.83. The third-order valence-corrected chi connectivity index (χ3v) is 3.69. The molecule has 0 aliphatic carbocycles. The quantitative estimate of drug-likeness (QED) is 0.713. The van der Waals surface area contributed by atoms with Gasteiger partial charge in [0, 0.05) is 12.6 Å². The zero-order valence-electron chi connectivity index (χ0n) is 10.6. The minimum atomic E-state index is -0.824. The van der Waals surface area contributed by atoms with Crippen LogP contribution in [0.3, 0.4) is 0 Å². The van der Waals surface area contributed by atoms with Gasteiger partial charge in [0.05, 0.1) is 18.4 Å². The van der Waals surface area contributed by atoms with Gasteiger partial charge in [0.1, 0.15) is 0 Å². The maximum Gasteiger partial charge on any atom is 0.307 e. The summed E-state index contributed by atoms with van der Waals surface area (Å²) >= 11 is 0. The average molecular weight is 254 g/mol. The van der Waals surface area contributed by atoms with Crippen LogP contribution in [0.15, 0.2) is 0 Å². The van der Waals surface area contributed by atoms with Gasteiger partial charge in [0.15, 0.2) is 0 Å². The van der Waals surface area contributed by atoms with Crippen molar-refractivity contribution in [1.29, 1.82) is 0 Å². The van der Waals surface area contributed by atoms with E-state index in [9.17, 15) is 14.4 Å². The summed E-state index contributed by atoms with van der Waals surface area (Å²) in [5, 5.41) is 8.94. The first-order valence-electron chi connectivity index (χ1n) is 6.24. The van der Waals surface area contributed by atoms with Crippen LogP contribution in [0.1, 0.15) is 26.7 Å². The topological polar surface area (TPSA) is 77.9 Å². The van der Waals surface area contributed by atoms with Crippen LogP contribution < -0.4 is 0 Å². The Labute approximate surface area is 106 Å². The number of carboxylic acid groups (broad SMARTS) is 1. The van der Waals surface area contributed by atoms with Crippen LogP contribution in [-0.4, -0.2) is 57.9 Å².